The minimum atomic E-state index is 0.113. The van der Waals surface area contributed by atoms with Gasteiger partial charge in [-0.05, 0) is 63.5 Å². The van der Waals surface area contributed by atoms with Crippen LogP contribution < -0.4 is 0 Å². The van der Waals surface area contributed by atoms with Gasteiger partial charge in [-0.1, -0.05) is 0 Å². The van der Waals surface area contributed by atoms with Crippen LogP contribution in [0.1, 0.15) is 53.3 Å². The molecule has 2 aliphatic rings. The highest BCUT2D eigenvalue weighted by Gasteiger charge is 2.27. The maximum Gasteiger partial charge on any atom is 0.255 e. The van der Waals surface area contributed by atoms with Crippen molar-refractivity contribution >= 4 is 5.91 Å². The molecule has 0 spiro atoms. The Hall–Kier alpha value is -2.17. The number of carbonyl (C=O) groups excluding carboxylic acids is 1. The Morgan fingerprint density at radius 2 is 1.81 bits per heavy atom. The van der Waals surface area contributed by atoms with Gasteiger partial charge in [-0.3, -0.25) is 9.78 Å². The molecule has 1 aliphatic carbocycles. The summed E-state index contributed by atoms with van der Waals surface area (Å²) < 4.78 is 2.42. The molecule has 1 saturated heterocycles. The lowest BCUT2D eigenvalue weighted by atomic mass is 9.93. The van der Waals surface area contributed by atoms with Crippen LogP contribution in [0, 0.1) is 25.7 Å². The van der Waals surface area contributed by atoms with E-state index in [1.165, 1.54) is 24.4 Å². The first-order valence-corrected chi connectivity index (χ1v) is 9.83. The van der Waals surface area contributed by atoms with Crippen molar-refractivity contribution < 1.29 is 4.79 Å². The highest BCUT2D eigenvalue weighted by Crippen LogP contribution is 2.32. The van der Waals surface area contributed by atoms with Gasteiger partial charge in [-0.2, -0.15) is 0 Å². The maximum absolute atomic E-state index is 12.6. The maximum atomic E-state index is 12.6. The standard InChI is InChI=1S/C21H28N4O/c1-15-3-6-19(13-22-15)21(26)24-9-7-17(8-10-24)11-20-23-12-16(2)25(20)14-18-4-5-18/h3,6,12-13,17-18H,4-5,7-11,14H2,1-2H3. The SMILES string of the molecule is Cc1ccc(C(=O)N2CCC(Cc3ncc(C)n3CC3CC3)CC2)cn1. The van der Waals surface area contributed by atoms with Gasteiger partial charge in [0.05, 0.1) is 5.56 Å². The number of aromatic nitrogens is 3. The number of aryl methyl sites for hydroxylation is 2. The first kappa shape index (κ1) is 17.3. The van der Waals surface area contributed by atoms with Gasteiger partial charge in [0.2, 0.25) is 0 Å². The Morgan fingerprint density at radius 3 is 2.46 bits per heavy atom. The van der Waals surface area contributed by atoms with Gasteiger partial charge in [0.15, 0.2) is 0 Å². The lowest BCUT2D eigenvalue weighted by Gasteiger charge is -2.32. The summed E-state index contributed by atoms with van der Waals surface area (Å²) in [5.74, 6) is 2.84. The monoisotopic (exact) mass is 352 g/mol. The lowest BCUT2D eigenvalue weighted by molar-refractivity contribution is 0.0689. The van der Waals surface area contributed by atoms with Crippen LogP contribution in [0.2, 0.25) is 0 Å². The van der Waals surface area contributed by atoms with Crippen molar-refractivity contribution in [1.82, 2.24) is 19.4 Å². The Morgan fingerprint density at radius 1 is 1.04 bits per heavy atom. The van der Waals surface area contributed by atoms with Gasteiger partial charge in [0.1, 0.15) is 5.82 Å². The molecule has 1 aliphatic heterocycles. The number of nitrogens with zero attached hydrogens (tertiary/aromatic N) is 4. The Kier molecular flexibility index (Phi) is 4.79. The van der Waals surface area contributed by atoms with E-state index in [2.05, 4.69) is 21.5 Å². The molecule has 1 amide bonds. The van der Waals surface area contributed by atoms with E-state index < -0.39 is 0 Å². The average Bonchev–Trinajstić information content (AvgIpc) is 3.42. The smallest absolute Gasteiger partial charge is 0.255 e. The summed E-state index contributed by atoms with van der Waals surface area (Å²) >= 11 is 0. The van der Waals surface area contributed by atoms with Gasteiger partial charge in [-0.25, -0.2) is 4.98 Å². The lowest BCUT2D eigenvalue weighted by Crippen LogP contribution is -2.39. The summed E-state index contributed by atoms with van der Waals surface area (Å²) in [4.78, 5) is 23.5. The second-order valence-corrected chi connectivity index (χ2v) is 8.00. The molecule has 26 heavy (non-hydrogen) atoms. The molecule has 2 aromatic rings. The Balaban J connectivity index is 1.34. The molecular weight excluding hydrogens is 324 g/mol. The van der Waals surface area contributed by atoms with E-state index in [1.807, 2.05) is 30.2 Å². The molecule has 0 aromatic carbocycles. The van der Waals surface area contributed by atoms with E-state index in [4.69, 9.17) is 0 Å². The van der Waals surface area contributed by atoms with Crippen molar-refractivity contribution in [3.63, 3.8) is 0 Å². The zero-order valence-corrected chi connectivity index (χ0v) is 15.8. The summed E-state index contributed by atoms with van der Waals surface area (Å²) in [7, 11) is 0. The first-order chi connectivity index (χ1) is 12.6. The largest absolute Gasteiger partial charge is 0.339 e. The van der Waals surface area contributed by atoms with Crippen LogP contribution in [0.15, 0.2) is 24.5 Å². The molecule has 0 N–H and O–H groups in total. The van der Waals surface area contributed by atoms with E-state index in [0.717, 1.165) is 50.5 Å². The quantitative estimate of drug-likeness (QED) is 0.829. The minimum absolute atomic E-state index is 0.113. The third kappa shape index (κ3) is 3.81. The number of likely N-dealkylation sites (tertiary alicyclic amines) is 1. The molecule has 4 rings (SSSR count). The molecule has 1 saturated carbocycles. The average molecular weight is 352 g/mol. The zero-order chi connectivity index (χ0) is 18.1. The Labute approximate surface area is 155 Å². The number of imidazole rings is 1. The van der Waals surface area contributed by atoms with Gasteiger partial charge in [-0.15, -0.1) is 0 Å². The van der Waals surface area contributed by atoms with Crippen LogP contribution in [-0.4, -0.2) is 38.4 Å². The van der Waals surface area contributed by atoms with Crippen LogP contribution in [0.3, 0.4) is 0 Å². The summed E-state index contributed by atoms with van der Waals surface area (Å²) in [5.41, 5.74) is 2.92. The summed E-state index contributed by atoms with van der Waals surface area (Å²) in [6, 6.07) is 3.79. The number of hydrogen-bond acceptors (Lipinski definition) is 3. The van der Waals surface area contributed by atoms with Gasteiger partial charge < -0.3 is 9.47 Å². The number of pyridine rings is 1. The second kappa shape index (κ2) is 7.22. The fourth-order valence-corrected chi connectivity index (χ4v) is 3.86. The molecule has 5 nitrogen and oxygen atoms in total. The Bertz CT molecular complexity index is 768. The molecule has 2 fully saturated rings. The fraction of sp³-hybridized carbons (Fsp3) is 0.571. The number of piperidine rings is 1. The van der Waals surface area contributed by atoms with Crippen LogP contribution >= 0.6 is 0 Å². The molecule has 5 heteroatoms. The van der Waals surface area contributed by atoms with Crippen LogP contribution in [0.4, 0.5) is 0 Å². The third-order valence-electron chi connectivity index (χ3n) is 5.81. The summed E-state index contributed by atoms with van der Waals surface area (Å²) in [6.45, 7) is 6.91. The topological polar surface area (TPSA) is 51.0 Å². The number of amides is 1. The van der Waals surface area contributed by atoms with Crippen molar-refractivity contribution in [2.24, 2.45) is 11.8 Å². The molecule has 138 valence electrons. The summed E-state index contributed by atoms with van der Waals surface area (Å²) in [5, 5.41) is 0. The van der Waals surface area contributed by atoms with Gasteiger partial charge >= 0.3 is 0 Å². The van der Waals surface area contributed by atoms with Crippen LogP contribution in [0.25, 0.3) is 0 Å². The predicted octanol–water partition coefficient (Wildman–Crippen LogP) is 3.40. The van der Waals surface area contributed by atoms with E-state index >= 15 is 0 Å². The number of carbonyl (C=O) groups is 1. The van der Waals surface area contributed by atoms with Crippen molar-refractivity contribution in [2.45, 2.75) is 52.5 Å². The van der Waals surface area contributed by atoms with Gasteiger partial charge in [0.25, 0.3) is 5.91 Å². The van der Waals surface area contributed by atoms with Crippen molar-refractivity contribution in [3.05, 3.63) is 47.3 Å². The second-order valence-electron chi connectivity index (χ2n) is 8.00. The van der Waals surface area contributed by atoms with Crippen molar-refractivity contribution in [1.29, 1.82) is 0 Å². The summed E-state index contributed by atoms with van der Waals surface area (Å²) in [6.07, 6.45) is 9.59. The molecule has 3 heterocycles. The molecule has 0 atom stereocenters. The highest BCUT2D eigenvalue weighted by molar-refractivity contribution is 5.93. The molecule has 0 radical (unpaired) electrons. The van der Waals surface area contributed by atoms with E-state index in [0.29, 0.717) is 11.5 Å². The van der Waals surface area contributed by atoms with E-state index in [1.54, 1.807) is 6.20 Å². The number of rotatable bonds is 5. The van der Waals surface area contributed by atoms with Crippen LogP contribution in [-0.2, 0) is 13.0 Å². The van der Waals surface area contributed by atoms with Crippen molar-refractivity contribution in [3.8, 4) is 0 Å². The highest BCUT2D eigenvalue weighted by atomic mass is 16.2. The third-order valence-corrected chi connectivity index (χ3v) is 5.81. The molecule has 0 unspecified atom stereocenters. The normalized spacial score (nSPS) is 18.3. The molecule has 0 bridgehead atoms. The fourth-order valence-electron chi connectivity index (χ4n) is 3.86. The zero-order valence-electron chi connectivity index (χ0n) is 15.8. The molecule has 2 aromatic heterocycles. The minimum Gasteiger partial charge on any atom is -0.339 e. The van der Waals surface area contributed by atoms with Gasteiger partial charge in [0, 0.05) is 49.8 Å². The van der Waals surface area contributed by atoms with E-state index in [9.17, 15) is 4.79 Å². The number of hydrogen-bond donors (Lipinski definition) is 0. The molecular formula is C21H28N4O. The predicted molar refractivity (Wildman–Crippen MR) is 101 cm³/mol. The first-order valence-electron chi connectivity index (χ1n) is 9.83. The van der Waals surface area contributed by atoms with E-state index in [-0.39, 0.29) is 5.91 Å². The van der Waals surface area contributed by atoms with Crippen molar-refractivity contribution in [2.75, 3.05) is 13.1 Å². The van der Waals surface area contributed by atoms with Crippen LogP contribution in [0.5, 0.6) is 0 Å².